The predicted molar refractivity (Wildman–Crippen MR) is 111 cm³/mol. The third-order valence-electron chi connectivity index (χ3n) is 5.40. The number of rotatable bonds is 7. The van der Waals surface area contributed by atoms with Crippen LogP contribution in [0.3, 0.4) is 0 Å². The normalized spacial score (nSPS) is 21.6. The summed E-state index contributed by atoms with van der Waals surface area (Å²) in [6, 6.07) is 14.5. The fourth-order valence-electron chi connectivity index (χ4n) is 3.85. The van der Waals surface area contributed by atoms with E-state index in [2.05, 4.69) is 37.3 Å². The maximum Gasteiger partial charge on any atom is 0.137 e. The summed E-state index contributed by atoms with van der Waals surface area (Å²) in [7, 11) is 0. The topological polar surface area (TPSA) is 82.7 Å². The summed E-state index contributed by atoms with van der Waals surface area (Å²) in [6.45, 7) is 4.34. The molecule has 29 heavy (non-hydrogen) atoms. The van der Waals surface area contributed by atoms with Crippen LogP contribution in [0.5, 0.6) is 5.75 Å². The molecule has 1 saturated heterocycles. The fourth-order valence-corrected chi connectivity index (χ4v) is 3.85. The molecule has 5 heteroatoms. The Morgan fingerprint density at radius 1 is 1.14 bits per heavy atom. The van der Waals surface area contributed by atoms with Crippen LogP contribution in [0.2, 0.25) is 0 Å². The number of aliphatic hydroxyl groups is 2. The lowest BCUT2D eigenvalue weighted by molar-refractivity contribution is -0.113. The van der Waals surface area contributed by atoms with Gasteiger partial charge in [-0.2, -0.15) is 5.26 Å². The van der Waals surface area contributed by atoms with E-state index in [-0.39, 0.29) is 18.8 Å². The highest BCUT2D eigenvalue weighted by atomic mass is 16.5. The van der Waals surface area contributed by atoms with Gasteiger partial charge < -0.3 is 19.7 Å². The fraction of sp³-hybridized carbons (Fsp3) is 0.458. The van der Waals surface area contributed by atoms with Gasteiger partial charge in [0.25, 0.3) is 0 Å². The molecule has 0 spiro atoms. The first-order valence-electron chi connectivity index (χ1n) is 10.3. The Morgan fingerprint density at radius 3 is 2.48 bits per heavy atom. The molecule has 0 amide bonds. The molecule has 1 fully saturated rings. The van der Waals surface area contributed by atoms with Crippen molar-refractivity contribution in [1.29, 1.82) is 5.26 Å². The summed E-state index contributed by atoms with van der Waals surface area (Å²) in [5.74, 6) is 0.539. The summed E-state index contributed by atoms with van der Waals surface area (Å²) in [5, 5.41) is 29.5. The molecule has 1 aliphatic heterocycles. The van der Waals surface area contributed by atoms with Crippen molar-refractivity contribution in [2.24, 2.45) is 0 Å². The predicted octanol–water partition coefficient (Wildman–Crippen LogP) is 3.68. The highest BCUT2D eigenvalue weighted by Gasteiger charge is 2.30. The van der Waals surface area contributed by atoms with Gasteiger partial charge in [-0.3, -0.25) is 0 Å². The van der Waals surface area contributed by atoms with Crippen LogP contribution in [0.15, 0.2) is 36.4 Å². The number of hydrogen-bond acceptors (Lipinski definition) is 5. The maximum atomic E-state index is 10.2. The van der Waals surface area contributed by atoms with Crippen molar-refractivity contribution in [3.05, 3.63) is 64.2 Å². The Kier molecular flexibility index (Phi) is 7.27. The van der Waals surface area contributed by atoms with Gasteiger partial charge in [0, 0.05) is 12.8 Å². The summed E-state index contributed by atoms with van der Waals surface area (Å²) in [6.07, 6.45) is 1.23. The van der Waals surface area contributed by atoms with Crippen LogP contribution in [0, 0.1) is 11.3 Å². The molecule has 0 radical (unpaired) electrons. The van der Waals surface area contributed by atoms with Crippen LogP contribution >= 0.6 is 0 Å². The van der Waals surface area contributed by atoms with Crippen LogP contribution in [0.4, 0.5) is 0 Å². The van der Waals surface area contributed by atoms with E-state index in [0.717, 1.165) is 23.1 Å². The van der Waals surface area contributed by atoms with Gasteiger partial charge >= 0.3 is 0 Å². The van der Waals surface area contributed by atoms with Gasteiger partial charge in [-0.1, -0.05) is 37.3 Å². The van der Waals surface area contributed by atoms with Crippen molar-refractivity contribution in [2.75, 3.05) is 13.2 Å². The second kappa shape index (κ2) is 9.89. The van der Waals surface area contributed by atoms with Crippen LogP contribution in [-0.2, 0) is 17.6 Å². The quantitative estimate of drug-likeness (QED) is 0.747. The van der Waals surface area contributed by atoms with Crippen molar-refractivity contribution in [3.8, 4) is 11.8 Å². The molecule has 2 aromatic rings. The lowest BCUT2D eigenvalue weighted by Gasteiger charge is -2.33. The highest BCUT2D eigenvalue weighted by molar-refractivity contribution is 5.53. The first-order valence-corrected chi connectivity index (χ1v) is 10.3. The minimum absolute atomic E-state index is 0.126. The van der Waals surface area contributed by atoms with E-state index in [0.29, 0.717) is 37.2 Å². The second-order valence-corrected chi connectivity index (χ2v) is 7.50. The van der Waals surface area contributed by atoms with Gasteiger partial charge in [0.15, 0.2) is 0 Å². The zero-order valence-corrected chi connectivity index (χ0v) is 17.1. The molecule has 0 unspecified atom stereocenters. The number of benzene rings is 2. The number of ether oxygens (including phenoxy) is 2. The van der Waals surface area contributed by atoms with E-state index in [1.807, 2.05) is 19.1 Å². The molecule has 0 aromatic heterocycles. The van der Waals surface area contributed by atoms with Crippen LogP contribution in [0.1, 0.15) is 60.6 Å². The standard InChI is InChI=1S/C24H29NO4/c1-3-16-5-7-17(8-6-16)9-18-10-19(11-24(28-4-2)22(18)14-25)23-13-20(27)12-21(15-26)29-23/h5-8,10-11,20-21,23,26-27H,3-4,9,12-13,15H2,1-2H3/t20-,21-,23+/m0/s1. The van der Waals surface area contributed by atoms with E-state index in [4.69, 9.17) is 9.47 Å². The SMILES string of the molecule is CCOc1cc([C@H]2C[C@@H](O)C[C@@H](CO)O2)cc(Cc2ccc(CC)cc2)c1C#N. The maximum absolute atomic E-state index is 10.2. The van der Waals surface area contributed by atoms with Crippen LogP contribution in [0.25, 0.3) is 0 Å². The third-order valence-corrected chi connectivity index (χ3v) is 5.40. The highest BCUT2D eigenvalue weighted by Crippen LogP contribution is 2.36. The van der Waals surface area contributed by atoms with E-state index in [1.54, 1.807) is 0 Å². The number of hydrogen-bond donors (Lipinski definition) is 2. The molecule has 3 atom stereocenters. The minimum Gasteiger partial charge on any atom is -0.492 e. The van der Waals surface area contributed by atoms with Gasteiger partial charge in [-0.05, 0) is 48.1 Å². The van der Waals surface area contributed by atoms with Crippen molar-refractivity contribution in [1.82, 2.24) is 0 Å². The molecule has 0 saturated carbocycles. The minimum atomic E-state index is -0.526. The van der Waals surface area contributed by atoms with Gasteiger partial charge in [-0.25, -0.2) is 0 Å². The van der Waals surface area contributed by atoms with Gasteiger partial charge in [0.2, 0.25) is 0 Å². The average Bonchev–Trinajstić information content (AvgIpc) is 2.74. The molecule has 3 rings (SSSR count). The molecule has 0 aliphatic carbocycles. The molecule has 2 aromatic carbocycles. The van der Waals surface area contributed by atoms with E-state index < -0.39 is 6.10 Å². The van der Waals surface area contributed by atoms with Crippen molar-refractivity contribution in [3.63, 3.8) is 0 Å². The second-order valence-electron chi connectivity index (χ2n) is 7.50. The molecule has 5 nitrogen and oxygen atoms in total. The van der Waals surface area contributed by atoms with E-state index in [1.165, 1.54) is 5.56 Å². The van der Waals surface area contributed by atoms with Gasteiger partial charge in [-0.15, -0.1) is 0 Å². The van der Waals surface area contributed by atoms with Crippen molar-refractivity contribution in [2.45, 2.75) is 57.8 Å². The first-order chi connectivity index (χ1) is 14.1. The van der Waals surface area contributed by atoms with E-state index >= 15 is 0 Å². The smallest absolute Gasteiger partial charge is 0.137 e. The van der Waals surface area contributed by atoms with Crippen LogP contribution in [-0.4, -0.2) is 35.6 Å². The first kappa shape index (κ1) is 21.3. The van der Waals surface area contributed by atoms with Gasteiger partial charge in [0.05, 0.1) is 37.1 Å². The van der Waals surface area contributed by atoms with Crippen molar-refractivity contribution < 1.29 is 19.7 Å². The number of nitrogens with zero attached hydrogens (tertiary/aromatic N) is 1. The lowest BCUT2D eigenvalue weighted by atomic mass is 9.91. The monoisotopic (exact) mass is 395 g/mol. The molecule has 1 aliphatic rings. The summed E-state index contributed by atoms with van der Waals surface area (Å²) >= 11 is 0. The molecular weight excluding hydrogens is 366 g/mol. The largest absolute Gasteiger partial charge is 0.492 e. The Morgan fingerprint density at radius 2 is 1.86 bits per heavy atom. The average molecular weight is 395 g/mol. The number of aliphatic hydroxyl groups excluding tert-OH is 2. The molecule has 2 N–H and O–H groups in total. The third kappa shape index (κ3) is 5.16. The summed E-state index contributed by atoms with van der Waals surface area (Å²) in [5.41, 5.74) is 4.67. The molecule has 154 valence electrons. The zero-order chi connectivity index (χ0) is 20.8. The van der Waals surface area contributed by atoms with Crippen molar-refractivity contribution >= 4 is 0 Å². The summed E-state index contributed by atoms with van der Waals surface area (Å²) in [4.78, 5) is 0. The Hall–Kier alpha value is -2.39. The van der Waals surface area contributed by atoms with E-state index in [9.17, 15) is 15.5 Å². The zero-order valence-electron chi connectivity index (χ0n) is 17.1. The Balaban J connectivity index is 1.98. The van der Waals surface area contributed by atoms with Gasteiger partial charge in [0.1, 0.15) is 11.8 Å². The number of nitriles is 1. The summed E-state index contributed by atoms with van der Waals surface area (Å²) < 4.78 is 11.8. The molecule has 1 heterocycles. The Bertz CT molecular complexity index is 856. The number of aryl methyl sites for hydroxylation is 1. The lowest BCUT2D eigenvalue weighted by Crippen LogP contribution is -2.33. The molecular formula is C24H29NO4. The molecule has 0 bridgehead atoms. The Labute approximate surface area is 172 Å². The van der Waals surface area contributed by atoms with Crippen LogP contribution < -0.4 is 4.74 Å².